The predicted octanol–water partition coefficient (Wildman–Crippen LogP) is 3.02. The van der Waals surface area contributed by atoms with Gasteiger partial charge in [0.2, 0.25) is 15.2 Å². The highest BCUT2D eigenvalue weighted by molar-refractivity contribution is 8.01. The van der Waals surface area contributed by atoms with Crippen molar-refractivity contribution in [3.05, 3.63) is 65.7 Å². The summed E-state index contributed by atoms with van der Waals surface area (Å²) in [5.41, 5.74) is 1.68. The fourth-order valence-electron chi connectivity index (χ4n) is 2.59. The Kier molecular flexibility index (Phi) is 7.83. The van der Waals surface area contributed by atoms with E-state index in [9.17, 15) is 18.0 Å². The summed E-state index contributed by atoms with van der Waals surface area (Å²) in [4.78, 5) is 23.7. The first-order valence-electron chi connectivity index (χ1n) is 9.22. The summed E-state index contributed by atoms with van der Waals surface area (Å²) in [6, 6.07) is 15.4. The number of amides is 1. The predicted molar refractivity (Wildman–Crippen MR) is 125 cm³/mol. The maximum absolute atomic E-state index is 12.5. The minimum absolute atomic E-state index is 0.105. The van der Waals surface area contributed by atoms with Crippen LogP contribution < -0.4 is 9.62 Å². The number of nitrogens with one attached hydrogen (secondary N) is 1. The Bertz CT molecular complexity index is 1180. The summed E-state index contributed by atoms with van der Waals surface area (Å²) in [5.74, 6) is -0.647. The van der Waals surface area contributed by atoms with Gasteiger partial charge in [-0.1, -0.05) is 53.4 Å². The van der Waals surface area contributed by atoms with Crippen molar-refractivity contribution in [1.82, 2.24) is 10.2 Å². The summed E-state index contributed by atoms with van der Waals surface area (Å²) in [6.45, 7) is 0.141. The van der Waals surface area contributed by atoms with Crippen LogP contribution in [0.3, 0.4) is 0 Å². The molecule has 168 valence electrons. The zero-order chi connectivity index (χ0) is 23.1. The Morgan fingerprint density at radius 1 is 1.09 bits per heavy atom. The van der Waals surface area contributed by atoms with Crippen LogP contribution in [0.2, 0.25) is 0 Å². The molecule has 0 bridgehead atoms. The fourth-order valence-corrected chi connectivity index (χ4v) is 5.06. The highest BCUT2D eigenvalue weighted by Gasteiger charge is 2.18. The van der Waals surface area contributed by atoms with Gasteiger partial charge in [-0.3, -0.25) is 19.2 Å². The number of nitrogens with zero attached hydrogens (tertiary/aromatic N) is 3. The van der Waals surface area contributed by atoms with E-state index in [2.05, 4.69) is 20.3 Å². The highest BCUT2D eigenvalue weighted by atomic mass is 32.2. The van der Waals surface area contributed by atoms with Crippen molar-refractivity contribution >= 4 is 55.8 Å². The molecule has 0 fully saturated rings. The minimum atomic E-state index is -3.48. The van der Waals surface area contributed by atoms with E-state index in [0.717, 1.165) is 23.2 Å². The van der Waals surface area contributed by atoms with Crippen molar-refractivity contribution in [3.63, 3.8) is 0 Å². The molecule has 0 radical (unpaired) electrons. The van der Waals surface area contributed by atoms with Gasteiger partial charge in [-0.2, -0.15) is 0 Å². The Balaban J connectivity index is 1.64. The molecule has 0 saturated carbocycles. The number of hydrogen-bond acceptors (Lipinski definition) is 9. The van der Waals surface area contributed by atoms with Gasteiger partial charge >= 0.3 is 5.97 Å². The lowest BCUT2D eigenvalue weighted by Gasteiger charge is -2.22. The molecule has 0 aliphatic carbocycles. The van der Waals surface area contributed by atoms with Gasteiger partial charge in [0.05, 0.1) is 31.4 Å². The average Bonchev–Trinajstić information content (AvgIpc) is 3.23. The molecule has 1 aromatic heterocycles. The molecule has 1 heterocycles. The number of carbonyl (C=O) groups is 2. The van der Waals surface area contributed by atoms with Crippen LogP contribution in [0, 0.1) is 0 Å². The smallest absolute Gasteiger partial charge is 0.316 e. The monoisotopic (exact) mass is 492 g/mol. The molecule has 0 saturated heterocycles. The third kappa shape index (κ3) is 6.52. The Hall–Kier alpha value is -2.96. The molecule has 1 N–H and O–H groups in total. The average molecular weight is 493 g/mol. The Labute approximate surface area is 193 Å². The van der Waals surface area contributed by atoms with E-state index in [4.69, 9.17) is 0 Å². The minimum Gasteiger partial charge on any atom is -0.468 e. The number of aromatic nitrogens is 2. The number of hydrogen-bond donors (Lipinski definition) is 1. The maximum Gasteiger partial charge on any atom is 0.316 e. The summed E-state index contributed by atoms with van der Waals surface area (Å²) in [6.07, 6.45) is 1.15. The molecular formula is C20H20N4O5S3. The third-order valence-corrected chi connectivity index (χ3v) is 7.24. The number of sulfonamides is 1. The second-order valence-corrected chi connectivity index (χ2v) is 10.6. The molecule has 0 spiro atoms. The molecule has 9 nitrogen and oxygen atoms in total. The Morgan fingerprint density at radius 2 is 1.78 bits per heavy atom. The second-order valence-electron chi connectivity index (χ2n) is 6.49. The number of thioether (sulfide) groups is 1. The topological polar surface area (TPSA) is 119 Å². The van der Waals surface area contributed by atoms with Gasteiger partial charge in [-0.05, 0) is 29.8 Å². The van der Waals surface area contributed by atoms with E-state index in [-0.39, 0.29) is 24.2 Å². The van der Waals surface area contributed by atoms with Crippen LogP contribution >= 0.6 is 23.1 Å². The number of esters is 1. The van der Waals surface area contributed by atoms with Crippen molar-refractivity contribution in [2.24, 2.45) is 0 Å². The lowest BCUT2D eigenvalue weighted by molar-refractivity contribution is -0.137. The molecule has 3 aromatic rings. The van der Waals surface area contributed by atoms with Crippen LogP contribution in [0.4, 0.5) is 10.8 Å². The molecular weight excluding hydrogens is 472 g/mol. The van der Waals surface area contributed by atoms with E-state index < -0.39 is 10.0 Å². The van der Waals surface area contributed by atoms with Gasteiger partial charge in [0, 0.05) is 5.56 Å². The van der Waals surface area contributed by atoms with E-state index >= 15 is 0 Å². The molecule has 32 heavy (non-hydrogen) atoms. The van der Waals surface area contributed by atoms with Gasteiger partial charge in [0.25, 0.3) is 5.91 Å². The van der Waals surface area contributed by atoms with Crippen molar-refractivity contribution in [3.8, 4) is 0 Å². The van der Waals surface area contributed by atoms with Crippen molar-refractivity contribution < 1.29 is 22.7 Å². The number of ether oxygens (including phenoxy) is 1. The molecule has 1 amide bonds. The van der Waals surface area contributed by atoms with Crippen molar-refractivity contribution in [1.29, 1.82) is 0 Å². The lowest BCUT2D eigenvalue weighted by atomic mass is 10.1. The van der Waals surface area contributed by atoms with Crippen LogP contribution in [0.1, 0.15) is 15.9 Å². The lowest BCUT2D eigenvalue weighted by Crippen LogP contribution is -2.29. The molecule has 0 aliphatic rings. The van der Waals surface area contributed by atoms with Crippen LogP contribution in [-0.2, 0) is 26.1 Å². The molecule has 2 aromatic carbocycles. The maximum atomic E-state index is 12.5. The Morgan fingerprint density at radius 3 is 2.41 bits per heavy atom. The fraction of sp³-hybridized carbons (Fsp3) is 0.200. The molecule has 0 atom stereocenters. The van der Waals surface area contributed by atoms with E-state index in [1.165, 1.54) is 23.2 Å². The number of anilines is 2. The zero-order valence-electron chi connectivity index (χ0n) is 17.2. The van der Waals surface area contributed by atoms with E-state index in [0.29, 0.717) is 20.7 Å². The number of rotatable bonds is 9. The van der Waals surface area contributed by atoms with Gasteiger partial charge in [0.15, 0.2) is 4.34 Å². The van der Waals surface area contributed by atoms with Gasteiger partial charge in [0.1, 0.15) is 0 Å². The molecule has 12 heteroatoms. The summed E-state index contributed by atoms with van der Waals surface area (Å²) in [7, 11) is -2.18. The number of para-hydroxylation sites is 1. The quantitative estimate of drug-likeness (QED) is 0.275. The van der Waals surface area contributed by atoms with Gasteiger partial charge < -0.3 is 4.74 Å². The highest BCUT2D eigenvalue weighted by Crippen LogP contribution is 2.26. The standard InChI is InChI=1S/C20H20N4O5S3/c1-29-17(25)13-30-20-23-22-19(31-20)21-18(26)15-10-8-14(9-11-15)12-24(32(2,27)28)16-6-4-3-5-7-16/h3-11H,12-13H2,1-2H3,(H,21,22,26). The normalized spacial score (nSPS) is 11.1. The van der Waals surface area contributed by atoms with Crippen molar-refractivity contribution in [2.75, 3.05) is 28.7 Å². The zero-order valence-corrected chi connectivity index (χ0v) is 19.7. The van der Waals surface area contributed by atoms with Crippen LogP contribution in [0.5, 0.6) is 0 Å². The summed E-state index contributed by atoms with van der Waals surface area (Å²) in [5, 5.41) is 10.8. The van der Waals surface area contributed by atoms with Crippen LogP contribution in [0.15, 0.2) is 58.9 Å². The van der Waals surface area contributed by atoms with Crippen LogP contribution in [0.25, 0.3) is 0 Å². The number of benzene rings is 2. The van der Waals surface area contributed by atoms with E-state index in [1.807, 2.05) is 6.07 Å². The van der Waals surface area contributed by atoms with Crippen molar-refractivity contribution in [2.45, 2.75) is 10.9 Å². The summed E-state index contributed by atoms with van der Waals surface area (Å²) >= 11 is 2.32. The number of carbonyl (C=O) groups excluding carboxylic acids is 2. The summed E-state index contributed by atoms with van der Waals surface area (Å²) < 4.78 is 30.9. The third-order valence-electron chi connectivity index (χ3n) is 4.15. The molecule has 0 unspecified atom stereocenters. The first-order chi connectivity index (χ1) is 15.3. The second kappa shape index (κ2) is 10.6. The van der Waals surface area contributed by atoms with Gasteiger partial charge in [-0.25, -0.2) is 8.42 Å². The molecule has 0 aliphatic heterocycles. The first-order valence-corrected chi connectivity index (χ1v) is 12.9. The largest absolute Gasteiger partial charge is 0.468 e. The number of methoxy groups -OCH3 is 1. The SMILES string of the molecule is COC(=O)CSc1nnc(NC(=O)c2ccc(CN(c3ccccc3)S(C)(=O)=O)cc2)s1. The van der Waals surface area contributed by atoms with Gasteiger partial charge in [-0.15, -0.1) is 10.2 Å². The van der Waals surface area contributed by atoms with Crippen LogP contribution in [-0.4, -0.2) is 49.6 Å². The molecule has 3 rings (SSSR count). The first kappa shape index (κ1) is 23.7. The van der Waals surface area contributed by atoms with E-state index in [1.54, 1.807) is 48.5 Å².